The Labute approximate surface area is 224 Å². The average molecular weight is 567 g/mol. The molecule has 0 bridgehead atoms. The molecule has 0 fully saturated rings. The van der Waals surface area contributed by atoms with Crippen LogP contribution in [0.25, 0.3) is 5.52 Å². The zero-order valence-electron chi connectivity index (χ0n) is 21.3. The molecule has 2 aromatic carbocycles. The molecule has 2 aromatic heterocycles. The zero-order valence-corrected chi connectivity index (χ0v) is 22.9. The van der Waals surface area contributed by atoms with Crippen molar-refractivity contribution in [3.05, 3.63) is 97.6 Å². The van der Waals surface area contributed by atoms with Crippen molar-refractivity contribution in [2.75, 3.05) is 13.7 Å². The zero-order chi connectivity index (χ0) is 26.5. The molecule has 0 radical (unpaired) electrons. The molecule has 194 valence electrons. The summed E-state index contributed by atoms with van der Waals surface area (Å²) >= 11 is 3.58. The number of methoxy groups -OCH3 is 1. The third-order valence-corrected chi connectivity index (χ3v) is 7.47. The van der Waals surface area contributed by atoms with E-state index in [1.165, 1.54) is 4.52 Å². The van der Waals surface area contributed by atoms with Crippen LogP contribution in [-0.2, 0) is 13.0 Å². The Bertz CT molecular complexity index is 1460. The van der Waals surface area contributed by atoms with Gasteiger partial charge in [0.05, 0.1) is 35.4 Å². The second-order valence-corrected chi connectivity index (χ2v) is 9.76. The smallest absolute Gasteiger partial charge is 0.349 e. The monoisotopic (exact) mass is 565 g/mol. The number of carbonyl (C=O) groups is 1. The molecule has 1 amide bonds. The Morgan fingerprint density at radius 2 is 1.95 bits per heavy atom. The molecular formula is C28H32BrN5O3. The van der Waals surface area contributed by atoms with Crippen LogP contribution >= 0.6 is 15.9 Å². The lowest BCUT2D eigenvalue weighted by atomic mass is 10.0. The fourth-order valence-electron chi connectivity index (χ4n) is 4.49. The van der Waals surface area contributed by atoms with Crippen molar-refractivity contribution in [3.63, 3.8) is 0 Å². The highest BCUT2D eigenvalue weighted by Crippen LogP contribution is 2.26. The highest BCUT2D eigenvalue weighted by molar-refractivity contribution is 9.10. The van der Waals surface area contributed by atoms with Gasteiger partial charge < -0.3 is 15.8 Å². The summed E-state index contributed by atoms with van der Waals surface area (Å²) in [5.41, 5.74) is 10.0. The van der Waals surface area contributed by atoms with Crippen molar-refractivity contribution < 1.29 is 9.53 Å². The van der Waals surface area contributed by atoms with Gasteiger partial charge in [-0.1, -0.05) is 37.3 Å². The SMILES string of the molecule is CCC(NC(=O)c1ccc(OC)cc1CCCN)c1cc2c(Br)c(C)nn2c(=O)n1Cc1ccccc1. The lowest BCUT2D eigenvalue weighted by molar-refractivity contribution is 0.0932. The molecule has 4 rings (SSSR count). The van der Waals surface area contributed by atoms with E-state index in [9.17, 15) is 9.59 Å². The van der Waals surface area contributed by atoms with Gasteiger partial charge in [-0.05, 0) is 84.1 Å². The Morgan fingerprint density at radius 3 is 2.62 bits per heavy atom. The molecule has 0 saturated carbocycles. The van der Waals surface area contributed by atoms with Crippen LogP contribution in [0.1, 0.15) is 58.7 Å². The Hall–Kier alpha value is -3.43. The van der Waals surface area contributed by atoms with E-state index in [1.54, 1.807) is 23.8 Å². The van der Waals surface area contributed by atoms with Crippen LogP contribution in [0.15, 0.2) is 63.9 Å². The van der Waals surface area contributed by atoms with E-state index in [-0.39, 0.29) is 11.6 Å². The van der Waals surface area contributed by atoms with Crippen molar-refractivity contribution in [2.45, 2.75) is 45.7 Å². The van der Waals surface area contributed by atoms with Gasteiger partial charge in [-0.2, -0.15) is 9.61 Å². The fraction of sp³-hybridized carbons (Fsp3) is 0.321. The lowest BCUT2D eigenvalue weighted by Gasteiger charge is -2.23. The molecule has 2 heterocycles. The number of nitrogens with two attached hydrogens (primary N) is 1. The van der Waals surface area contributed by atoms with Gasteiger partial charge in [-0.3, -0.25) is 9.36 Å². The number of amides is 1. The number of ether oxygens (including phenoxy) is 1. The van der Waals surface area contributed by atoms with Crippen LogP contribution in [0.4, 0.5) is 0 Å². The van der Waals surface area contributed by atoms with Crippen molar-refractivity contribution in [1.29, 1.82) is 0 Å². The summed E-state index contributed by atoms with van der Waals surface area (Å²) in [5, 5.41) is 7.62. The number of rotatable bonds is 10. The molecule has 0 spiro atoms. The number of hydrogen-bond acceptors (Lipinski definition) is 5. The van der Waals surface area contributed by atoms with Gasteiger partial charge >= 0.3 is 5.69 Å². The van der Waals surface area contributed by atoms with E-state index in [2.05, 4.69) is 26.3 Å². The Morgan fingerprint density at radius 1 is 1.19 bits per heavy atom. The Kier molecular flexibility index (Phi) is 8.45. The number of hydrogen-bond donors (Lipinski definition) is 2. The number of aromatic nitrogens is 3. The normalized spacial score (nSPS) is 12.0. The summed E-state index contributed by atoms with van der Waals surface area (Å²) in [6.07, 6.45) is 2.02. The maximum atomic E-state index is 13.6. The van der Waals surface area contributed by atoms with Crippen LogP contribution in [0, 0.1) is 6.92 Å². The van der Waals surface area contributed by atoms with Crippen molar-refractivity contribution >= 4 is 27.4 Å². The predicted octanol–water partition coefficient (Wildman–Crippen LogP) is 4.40. The quantitative estimate of drug-likeness (QED) is 0.296. The van der Waals surface area contributed by atoms with E-state index in [0.717, 1.165) is 33.4 Å². The number of nitrogens with zero attached hydrogens (tertiary/aromatic N) is 3. The standard InChI is InChI=1S/C28H32BrN5O3/c1-4-23(31-27(35)22-13-12-21(37-3)15-20(22)11-8-14-30)24-16-25-26(29)18(2)32-34(25)28(36)33(24)17-19-9-6-5-7-10-19/h5-7,9-10,12-13,15-16,23H,4,8,11,14,17,30H2,1-3H3,(H,31,35). The predicted molar refractivity (Wildman–Crippen MR) is 148 cm³/mol. The molecule has 3 N–H and O–H groups in total. The van der Waals surface area contributed by atoms with Gasteiger partial charge in [0.2, 0.25) is 0 Å². The number of nitrogens with one attached hydrogen (secondary N) is 1. The van der Waals surface area contributed by atoms with Crippen molar-refractivity contribution in [1.82, 2.24) is 19.5 Å². The Balaban J connectivity index is 1.77. The van der Waals surface area contributed by atoms with Gasteiger partial charge in [-0.25, -0.2) is 4.79 Å². The van der Waals surface area contributed by atoms with Gasteiger partial charge in [-0.15, -0.1) is 0 Å². The third kappa shape index (κ3) is 5.62. The average Bonchev–Trinajstić information content (AvgIpc) is 3.21. The summed E-state index contributed by atoms with van der Waals surface area (Å²) in [6.45, 7) is 4.73. The van der Waals surface area contributed by atoms with Gasteiger partial charge in [0.1, 0.15) is 5.75 Å². The van der Waals surface area contributed by atoms with E-state index in [4.69, 9.17) is 10.5 Å². The number of carbonyl (C=O) groups excluding carboxylic acids is 1. The second-order valence-electron chi connectivity index (χ2n) is 8.97. The molecule has 1 atom stereocenters. The molecule has 1 unspecified atom stereocenters. The second kappa shape index (κ2) is 11.7. The summed E-state index contributed by atoms with van der Waals surface area (Å²) in [7, 11) is 1.60. The van der Waals surface area contributed by atoms with Crippen LogP contribution in [0.3, 0.4) is 0 Å². The number of halogens is 1. The van der Waals surface area contributed by atoms with Crippen molar-refractivity contribution in [3.8, 4) is 5.75 Å². The number of aryl methyl sites for hydroxylation is 2. The minimum absolute atomic E-state index is 0.205. The van der Waals surface area contributed by atoms with E-state index >= 15 is 0 Å². The molecule has 0 aliphatic carbocycles. The fourth-order valence-corrected chi connectivity index (χ4v) is 4.85. The topological polar surface area (TPSA) is 104 Å². The molecule has 37 heavy (non-hydrogen) atoms. The maximum absolute atomic E-state index is 13.6. The summed E-state index contributed by atoms with van der Waals surface area (Å²) < 4.78 is 9.23. The molecule has 9 heteroatoms. The lowest BCUT2D eigenvalue weighted by Crippen LogP contribution is -2.36. The first-order valence-corrected chi connectivity index (χ1v) is 13.2. The minimum atomic E-state index is -0.402. The van der Waals surface area contributed by atoms with Crippen LogP contribution in [0.5, 0.6) is 5.75 Å². The first kappa shape index (κ1) is 26.6. The first-order chi connectivity index (χ1) is 17.9. The summed E-state index contributed by atoms with van der Waals surface area (Å²) in [4.78, 5) is 27.2. The maximum Gasteiger partial charge on any atom is 0.349 e. The summed E-state index contributed by atoms with van der Waals surface area (Å²) in [5.74, 6) is 0.488. The molecule has 8 nitrogen and oxygen atoms in total. The highest BCUT2D eigenvalue weighted by Gasteiger charge is 2.23. The molecule has 0 aliphatic rings. The van der Waals surface area contributed by atoms with Crippen LogP contribution in [0.2, 0.25) is 0 Å². The third-order valence-electron chi connectivity index (χ3n) is 6.49. The molecule has 4 aromatic rings. The molecule has 0 saturated heterocycles. The molecular weight excluding hydrogens is 534 g/mol. The van der Waals surface area contributed by atoms with E-state index in [1.807, 2.05) is 56.3 Å². The highest BCUT2D eigenvalue weighted by atomic mass is 79.9. The number of benzene rings is 2. The molecule has 0 aliphatic heterocycles. The van der Waals surface area contributed by atoms with E-state index in [0.29, 0.717) is 42.8 Å². The first-order valence-electron chi connectivity index (χ1n) is 12.4. The van der Waals surface area contributed by atoms with Crippen LogP contribution < -0.4 is 21.5 Å². The number of fused-ring (bicyclic) bond motifs is 1. The minimum Gasteiger partial charge on any atom is -0.497 e. The van der Waals surface area contributed by atoms with Gasteiger partial charge in [0, 0.05) is 11.3 Å². The summed E-state index contributed by atoms with van der Waals surface area (Å²) in [6, 6.07) is 16.8. The van der Waals surface area contributed by atoms with Crippen molar-refractivity contribution in [2.24, 2.45) is 5.73 Å². The van der Waals surface area contributed by atoms with E-state index < -0.39 is 6.04 Å². The van der Waals surface area contributed by atoms with Crippen LogP contribution in [-0.4, -0.2) is 33.7 Å². The van der Waals surface area contributed by atoms with Gasteiger partial charge in [0.25, 0.3) is 5.91 Å². The largest absolute Gasteiger partial charge is 0.497 e. The van der Waals surface area contributed by atoms with Gasteiger partial charge in [0.15, 0.2) is 0 Å².